The second kappa shape index (κ2) is 11.7. The number of nitrogens with zero attached hydrogens (tertiary/aromatic N) is 5. The molecule has 0 fully saturated rings. The fourth-order valence-electron chi connectivity index (χ4n) is 3.40. The van der Waals surface area contributed by atoms with Gasteiger partial charge in [-0.2, -0.15) is 4.68 Å². The molecule has 0 aliphatic carbocycles. The average Bonchev–Trinajstić information content (AvgIpc) is 3.54. The molecule has 2 heterocycles. The molecule has 4 rings (SSSR count). The number of hydrogen-bond acceptors (Lipinski definition) is 7. The van der Waals surface area contributed by atoms with Crippen LogP contribution in [0.1, 0.15) is 31.3 Å². The minimum Gasteiger partial charge on any atom is -0.450 e. The van der Waals surface area contributed by atoms with Crippen molar-refractivity contribution in [1.29, 1.82) is 0 Å². The standard InChI is InChI=1S/C24H22Cl2N8O3/c1-3-37-24(36)29-18-8-4-15(5-9-18)21-22(26)31-23(30-21)14(2)28-20(35)11-6-16-12-17(25)7-10-19(16)34-13-27-32-33-34/h4-14H,3H2,1-2H3,(H,28,35)(H,29,36)(H,30,31)/b11-6+/t14-/m0/s1. The molecular formula is C24H22Cl2N8O3. The summed E-state index contributed by atoms with van der Waals surface area (Å²) < 4.78 is 6.34. The van der Waals surface area contributed by atoms with Gasteiger partial charge in [0.15, 0.2) is 0 Å². The molecule has 1 atom stereocenters. The monoisotopic (exact) mass is 540 g/mol. The molecule has 2 aromatic heterocycles. The summed E-state index contributed by atoms with van der Waals surface area (Å²) in [5, 5.41) is 17.5. The van der Waals surface area contributed by atoms with Crippen LogP contribution in [0.2, 0.25) is 10.2 Å². The van der Waals surface area contributed by atoms with E-state index in [0.29, 0.717) is 38.6 Å². The third-order valence-electron chi connectivity index (χ3n) is 5.13. The number of tetrazole rings is 1. The first-order valence-corrected chi connectivity index (χ1v) is 11.9. The molecule has 4 aromatic rings. The van der Waals surface area contributed by atoms with Crippen molar-refractivity contribution in [2.24, 2.45) is 0 Å². The largest absolute Gasteiger partial charge is 0.450 e. The van der Waals surface area contributed by atoms with Gasteiger partial charge in [0.2, 0.25) is 5.91 Å². The van der Waals surface area contributed by atoms with Crippen LogP contribution in [-0.4, -0.2) is 48.8 Å². The van der Waals surface area contributed by atoms with E-state index >= 15 is 0 Å². The first-order valence-electron chi connectivity index (χ1n) is 11.1. The highest BCUT2D eigenvalue weighted by Gasteiger charge is 2.17. The van der Waals surface area contributed by atoms with Crippen molar-refractivity contribution in [2.45, 2.75) is 19.9 Å². The number of carbonyl (C=O) groups excluding carboxylic acids is 2. The first-order chi connectivity index (χ1) is 17.8. The van der Waals surface area contributed by atoms with Gasteiger partial charge in [-0.15, -0.1) is 5.10 Å². The molecule has 13 heteroatoms. The summed E-state index contributed by atoms with van der Waals surface area (Å²) in [5.41, 5.74) is 3.14. The molecule has 3 N–H and O–H groups in total. The van der Waals surface area contributed by atoms with Crippen molar-refractivity contribution in [3.8, 4) is 16.9 Å². The number of aromatic nitrogens is 6. The van der Waals surface area contributed by atoms with Crippen LogP contribution in [0, 0.1) is 0 Å². The van der Waals surface area contributed by atoms with E-state index in [0.717, 1.165) is 5.56 Å². The van der Waals surface area contributed by atoms with Gasteiger partial charge in [-0.1, -0.05) is 35.3 Å². The minimum atomic E-state index is -0.532. The number of anilines is 1. The zero-order chi connectivity index (χ0) is 26.4. The van der Waals surface area contributed by atoms with Crippen LogP contribution < -0.4 is 10.6 Å². The Labute approximate surface area is 221 Å². The summed E-state index contributed by atoms with van der Waals surface area (Å²) >= 11 is 12.5. The number of rotatable bonds is 8. The zero-order valence-electron chi connectivity index (χ0n) is 19.8. The van der Waals surface area contributed by atoms with E-state index in [1.54, 1.807) is 62.4 Å². The number of H-pyrrole nitrogens is 1. The lowest BCUT2D eigenvalue weighted by molar-refractivity contribution is -0.117. The van der Waals surface area contributed by atoms with E-state index in [-0.39, 0.29) is 12.5 Å². The van der Waals surface area contributed by atoms with Gasteiger partial charge in [-0.3, -0.25) is 10.1 Å². The predicted octanol–water partition coefficient (Wildman–Crippen LogP) is 4.82. The maximum atomic E-state index is 12.6. The number of imidazole rings is 1. The number of nitrogens with one attached hydrogen (secondary N) is 3. The second-order valence-electron chi connectivity index (χ2n) is 7.73. The van der Waals surface area contributed by atoms with Gasteiger partial charge >= 0.3 is 6.09 Å². The SMILES string of the molecule is CCOC(=O)Nc1ccc(-c2nc([C@H](C)NC(=O)/C=C/c3cc(Cl)ccc3-n3cnnn3)[nH]c2Cl)cc1. The highest BCUT2D eigenvalue weighted by molar-refractivity contribution is 6.32. The molecule has 0 spiro atoms. The van der Waals surface area contributed by atoms with Crippen molar-refractivity contribution in [3.05, 3.63) is 76.4 Å². The van der Waals surface area contributed by atoms with Gasteiger partial charge in [0.05, 0.1) is 18.3 Å². The smallest absolute Gasteiger partial charge is 0.411 e. The van der Waals surface area contributed by atoms with Crippen LogP contribution in [-0.2, 0) is 9.53 Å². The maximum absolute atomic E-state index is 12.6. The Bertz CT molecular complexity index is 1420. The van der Waals surface area contributed by atoms with Crippen LogP contribution in [0.3, 0.4) is 0 Å². The van der Waals surface area contributed by atoms with Gasteiger partial charge in [0.1, 0.15) is 23.0 Å². The Balaban J connectivity index is 1.43. The molecule has 11 nitrogen and oxygen atoms in total. The first kappa shape index (κ1) is 25.9. The van der Waals surface area contributed by atoms with Crippen LogP contribution in [0.4, 0.5) is 10.5 Å². The third-order valence-corrected chi connectivity index (χ3v) is 5.64. The molecule has 190 valence electrons. The van der Waals surface area contributed by atoms with Crippen LogP contribution in [0.15, 0.2) is 54.9 Å². The summed E-state index contributed by atoms with van der Waals surface area (Å²) in [7, 11) is 0. The molecule has 0 radical (unpaired) electrons. The van der Waals surface area contributed by atoms with Gasteiger partial charge < -0.3 is 15.0 Å². The summed E-state index contributed by atoms with van der Waals surface area (Å²) in [4.78, 5) is 31.7. The van der Waals surface area contributed by atoms with E-state index in [4.69, 9.17) is 27.9 Å². The number of halogens is 2. The van der Waals surface area contributed by atoms with Gasteiger partial charge in [0.25, 0.3) is 0 Å². The number of aromatic amines is 1. The Kier molecular flexibility index (Phi) is 8.16. The molecule has 0 aliphatic rings. The van der Waals surface area contributed by atoms with E-state index in [1.807, 2.05) is 0 Å². The number of ether oxygens (including phenoxy) is 1. The van der Waals surface area contributed by atoms with Gasteiger partial charge in [-0.25, -0.2) is 9.78 Å². The van der Waals surface area contributed by atoms with Crippen LogP contribution in [0.25, 0.3) is 23.0 Å². The Morgan fingerprint density at radius 1 is 1.19 bits per heavy atom. The van der Waals surface area contributed by atoms with Crippen molar-refractivity contribution in [2.75, 3.05) is 11.9 Å². The number of carbonyl (C=O) groups is 2. The lowest BCUT2D eigenvalue weighted by atomic mass is 10.1. The Morgan fingerprint density at radius 3 is 2.68 bits per heavy atom. The summed E-state index contributed by atoms with van der Waals surface area (Å²) in [6, 6.07) is 11.7. The molecule has 2 amide bonds. The normalized spacial score (nSPS) is 11.9. The molecule has 0 unspecified atom stereocenters. The fraction of sp³-hybridized carbons (Fsp3) is 0.167. The second-order valence-corrected chi connectivity index (χ2v) is 8.54. The topological polar surface area (TPSA) is 140 Å². The van der Waals surface area contributed by atoms with Crippen molar-refractivity contribution < 1.29 is 14.3 Å². The molecule has 2 aromatic carbocycles. The lowest BCUT2D eigenvalue weighted by Gasteiger charge is -2.10. The zero-order valence-corrected chi connectivity index (χ0v) is 21.3. The highest BCUT2D eigenvalue weighted by atomic mass is 35.5. The van der Waals surface area contributed by atoms with Crippen LogP contribution >= 0.6 is 23.2 Å². The molecule has 0 aliphatic heterocycles. The van der Waals surface area contributed by atoms with E-state index in [9.17, 15) is 9.59 Å². The van der Waals surface area contributed by atoms with E-state index in [1.165, 1.54) is 17.1 Å². The summed E-state index contributed by atoms with van der Waals surface area (Å²) in [6.07, 6.45) is 3.93. The van der Waals surface area contributed by atoms with E-state index in [2.05, 4.69) is 36.1 Å². The quantitative estimate of drug-likeness (QED) is 0.272. The van der Waals surface area contributed by atoms with E-state index < -0.39 is 12.1 Å². The van der Waals surface area contributed by atoms with Gasteiger partial charge in [-0.05, 0) is 60.7 Å². The molecule has 0 saturated heterocycles. The van der Waals surface area contributed by atoms with Crippen molar-refractivity contribution >= 4 is 47.0 Å². The molecule has 0 saturated carbocycles. The lowest BCUT2D eigenvalue weighted by Crippen LogP contribution is -2.25. The fourth-order valence-corrected chi connectivity index (χ4v) is 3.83. The number of hydrogen-bond donors (Lipinski definition) is 3. The average molecular weight is 541 g/mol. The van der Waals surface area contributed by atoms with Gasteiger partial charge in [0, 0.05) is 27.9 Å². The van der Waals surface area contributed by atoms with Crippen molar-refractivity contribution in [1.82, 2.24) is 35.5 Å². The molecule has 37 heavy (non-hydrogen) atoms. The Morgan fingerprint density at radius 2 is 1.97 bits per heavy atom. The highest BCUT2D eigenvalue weighted by Crippen LogP contribution is 2.28. The predicted molar refractivity (Wildman–Crippen MR) is 139 cm³/mol. The number of benzene rings is 2. The maximum Gasteiger partial charge on any atom is 0.411 e. The van der Waals surface area contributed by atoms with Crippen molar-refractivity contribution in [3.63, 3.8) is 0 Å². The van der Waals surface area contributed by atoms with Crippen LogP contribution in [0.5, 0.6) is 0 Å². The minimum absolute atomic E-state index is 0.280. The Hall–Kier alpha value is -4.22. The number of amides is 2. The summed E-state index contributed by atoms with van der Waals surface area (Å²) in [6.45, 7) is 3.79. The molecular weight excluding hydrogens is 519 g/mol. The third kappa shape index (κ3) is 6.51. The summed E-state index contributed by atoms with van der Waals surface area (Å²) in [5.74, 6) is 0.131. The molecule has 0 bridgehead atoms.